The molecule has 2 unspecified atom stereocenters. The van der Waals surface area contributed by atoms with E-state index in [1.54, 1.807) is 6.07 Å². The molecule has 0 saturated heterocycles. The topological polar surface area (TPSA) is 59.1 Å². The second-order valence-electron chi connectivity index (χ2n) is 7.76. The van der Waals surface area contributed by atoms with Crippen LogP contribution in [-0.2, 0) is 6.42 Å². The fraction of sp³-hybridized carbons (Fsp3) is 0.318. The number of para-hydroxylation sites is 1. The number of aromatic hydroxyl groups is 1. The third kappa shape index (κ3) is 3.29. The molecule has 1 aliphatic carbocycles. The van der Waals surface area contributed by atoms with Crippen LogP contribution in [-0.4, -0.2) is 15.6 Å². The van der Waals surface area contributed by atoms with Crippen LogP contribution in [0.15, 0.2) is 54.6 Å². The lowest BCUT2D eigenvalue weighted by Crippen LogP contribution is -2.46. The Morgan fingerprint density at radius 1 is 1.08 bits per heavy atom. The van der Waals surface area contributed by atoms with E-state index in [1.807, 2.05) is 24.3 Å². The van der Waals surface area contributed by atoms with E-state index in [1.165, 1.54) is 5.56 Å². The van der Waals surface area contributed by atoms with Gasteiger partial charge in [-0.15, -0.1) is 12.4 Å². The van der Waals surface area contributed by atoms with Crippen LogP contribution in [0.4, 0.5) is 0 Å². The van der Waals surface area contributed by atoms with Gasteiger partial charge >= 0.3 is 0 Å². The number of phenols is 1. The van der Waals surface area contributed by atoms with Crippen LogP contribution in [0.5, 0.6) is 5.75 Å². The number of benzene rings is 2. The number of rotatable bonds is 2. The van der Waals surface area contributed by atoms with Gasteiger partial charge < -0.3 is 10.8 Å². The van der Waals surface area contributed by atoms with Gasteiger partial charge in [-0.2, -0.15) is 0 Å². The summed E-state index contributed by atoms with van der Waals surface area (Å²) >= 11 is 0. The highest BCUT2D eigenvalue weighted by atomic mass is 35.5. The van der Waals surface area contributed by atoms with E-state index in [2.05, 4.69) is 38.1 Å². The van der Waals surface area contributed by atoms with Gasteiger partial charge in [0.05, 0.1) is 5.52 Å². The zero-order valence-corrected chi connectivity index (χ0v) is 16.0. The highest BCUT2D eigenvalue weighted by Crippen LogP contribution is 2.45. The number of nitrogens with two attached hydrogens (primary N) is 1. The first kappa shape index (κ1) is 18.7. The van der Waals surface area contributed by atoms with Crippen molar-refractivity contribution in [3.63, 3.8) is 0 Å². The molecule has 2 aromatic carbocycles. The van der Waals surface area contributed by atoms with E-state index in [0.29, 0.717) is 11.7 Å². The Labute approximate surface area is 160 Å². The molecule has 0 saturated carbocycles. The van der Waals surface area contributed by atoms with Gasteiger partial charge in [0.1, 0.15) is 5.75 Å². The second kappa shape index (κ2) is 6.90. The third-order valence-corrected chi connectivity index (χ3v) is 5.45. The van der Waals surface area contributed by atoms with Crippen LogP contribution in [0.1, 0.15) is 43.0 Å². The van der Waals surface area contributed by atoms with Crippen molar-refractivity contribution in [1.29, 1.82) is 0 Å². The van der Waals surface area contributed by atoms with Crippen LogP contribution in [0.25, 0.3) is 10.9 Å². The van der Waals surface area contributed by atoms with E-state index in [9.17, 15) is 5.11 Å². The van der Waals surface area contributed by atoms with E-state index in [-0.39, 0.29) is 23.9 Å². The highest BCUT2D eigenvalue weighted by Gasteiger charge is 2.39. The minimum Gasteiger partial charge on any atom is -0.508 e. The fourth-order valence-electron chi connectivity index (χ4n) is 4.25. The van der Waals surface area contributed by atoms with Gasteiger partial charge in [-0.25, -0.2) is 0 Å². The summed E-state index contributed by atoms with van der Waals surface area (Å²) < 4.78 is 0. The van der Waals surface area contributed by atoms with Crippen LogP contribution >= 0.6 is 12.4 Å². The molecule has 1 aromatic heterocycles. The van der Waals surface area contributed by atoms with Crippen molar-refractivity contribution in [3.05, 3.63) is 71.4 Å². The van der Waals surface area contributed by atoms with Crippen molar-refractivity contribution >= 4 is 23.3 Å². The zero-order chi connectivity index (χ0) is 17.6. The minimum absolute atomic E-state index is 0. The molecule has 0 fully saturated rings. The molecule has 1 heterocycles. The summed E-state index contributed by atoms with van der Waals surface area (Å²) in [6.45, 7) is 4.21. The van der Waals surface area contributed by atoms with Crippen LogP contribution in [0.2, 0.25) is 0 Å². The fourth-order valence-corrected chi connectivity index (χ4v) is 4.25. The molecule has 3 nitrogen and oxygen atoms in total. The van der Waals surface area contributed by atoms with Gasteiger partial charge in [-0.05, 0) is 68.0 Å². The van der Waals surface area contributed by atoms with Crippen molar-refractivity contribution in [2.24, 2.45) is 11.7 Å². The smallest absolute Gasteiger partial charge is 0.115 e. The monoisotopic (exact) mass is 368 g/mol. The van der Waals surface area contributed by atoms with Crippen molar-refractivity contribution in [3.8, 4) is 5.75 Å². The molecule has 0 spiro atoms. The summed E-state index contributed by atoms with van der Waals surface area (Å²) in [5.74, 6) is 0.740. The Morgan fingerprint density at radius 3 is 2.58 bits per heavy atom. The number of halogens is 1. The highest BCUT2D eigenvalue weighted by molar-refractivity contribution is 5.85. The van der Waals surface area contributed by atoms with Gasteiger partial charge in [-0.3, -0.25) is 4.98 Å². The maximum absolute atomic E-state index is 10.0. The normalized spacial score (nSPS) is 19.7. The third-order valence-electron chi connectivity index (χ3n) is 5.45. The van der Waals surface area contributed by atoms with Gasteiger partial charge in [0.25, 0.3) is 0 Å². The van der Waals surface area contributed by atoms with Gasteiger partial charge in [0, 0.05) is 22.5 Å². The predicted molar refractivity (Wildman–Crippen MR) is 109 cm³/mol. The Hall–Kier alpha value is -2.10. The number of aromatic nitrogens is 1. The first-order valence-electron chi connectivity index (χ1n) is 8.90. The van der Waals surface area contributed by atoms with Crippen molar-refractivity contribution in [2.45, 2.75) is 38.1 Å². The van der Waals surface area contributed by atoms with Crippen molar-refractivity contribution < 1.29 is 5.11 Å². The Morgan fingerprint density at radius 2 is 1.85 bits per heavy atom. The molecule has 136 valence electrons. The molecule has 0 bridgehead atoms. The molecule has 0 amide bonds. The quantitative estimate of drug-likeness (QED) is 0.683. The number of fused-ring (bicyclic) bond motifs is 2. The first-order valence-corrected chi connectivity index (χ1v) is 8.90. The molecule has 0 radical (unpaired) electrons. The van der Waals surface area contributed by atoms with Crippen LogP contribution in [0, 0.1) is 5.92 Å². The summed E-state index contributed by atoms with van der Waals surface area (Å²) in [6, 6.07) is 18.1. The summed E-state index contributed by atoms with van der Waals surface area (Å²) in [5.41, 5.74) is 10.8. The standard InChI is InChI=1S/C22H24N2O.ClH/c1-22(2,23)18-10-11-20-17(13-14-6-3-4-9-19(14)24-20)21(18)15-7-5-8-16(25)12-15;/h3-9,12-13,18,21,25H,10-11,23H2,1-2H3;1H. The molecule has 4 rings (SSSR count). The van der Waals surface area contributed by atoms with E-state index < -0.39 is 0 Å². The largest absolute Gasteiger partial charge is 0.508 e. The summed E-state index contributed by atoms with van der Waals surface area (Å²) in [5, 5.41) is 11.2. The molecule has 3 aromatic rings. The number of hydrogen-bond donors (Lipinski definition) is 2. The molecule has 3 N–H and O–H groups in total. The first-order chi connectivity index (χ1) is 11.9. The lowest BCUT2D eigenvalue weighted by Gasteiger charge is -2.41. The molecule has 0 aliphatic heterocycles. The molecule has 2 atom stereocenters. The number of phenolic OH excluding ortho intramolecular Hbond substituents is 1. The predicted octanol–water partition coefficient (Wildman–Crippen LogP) is 4.79. The van der Waals surface area contributed by atoms with Crippen LogP contribution in [0.3, 0.4) is 0 Å². The molecular weight excluding hydrogens is 344 g/mol. The van der Waals surface area contributed by atoms with Gasteiger partial charge in [-0.1, -0.05) is 30.3 Å². The summed E-state index contributed by atoms with van der Waals surface area (Å²) in [6.07, 6.45) is 1.95. The maximum Gasteiger partial charge on any atom is 0.115 e. The molecule has 4 heteroatoms. The number of nitrogens with zero attached hydrogens (tertiary/aromatic N) is 1. The van der Waals surface area contributed by atoms with Crippen LogP contribution < -0.4 is 5.73 Å². The SMILES string of the molecule is CC(C)(N)C1CCc2nc3ccccc3cc2C1c1cccc(O)c1.Cl. The minimum atomic E-state index is -0.306. The Bertz CT molecular complexity index is 933. The van der Waals surface area contributed by atoms with E-state index >= 15 is 0 Å². The average Bonchev–Trinajstić information content (AvgIpc) is 2.58. The number of pyridine rings is 1. The molecule has 1 aliphatic rings. The summed E-state index contributed by atoms with van der Waals surface area (Å²) in [7, 11) is 0. The Balaban J connectivity index is 0.00000196. The lowest BCUT2D eigenvalue weighted by molar-refractivity contribution is 0.259. The van der Waals surface area contributed by atoms with Crippen molar-refractivity contribution in [2.75, 3.05) is 0 Å². The van der Waals surface area contributed by atoms with Gasteiger partial charge in [0.2, 0.25) is 0 Å². The van der Waals surface area contributed by atoms with E-state index in [0.717, 1.165) is 35.0 Å². The summed E-state index contributed by atoms with van der Waals surface area (Å²) in [4.78, 5) is 4.93. The molecule has 26 heavy (non-hydrogen) atoms. The number of aryl methyl sites for hydroxylation is 1. The van der Waals surface area contributed by atoms with Crippen molar-refractivity contribution in [1.82, 2.24) is 4.98 Å². The van der Waals surface area contributed by atoms with Gasteiger partial charge in [0.15, 0.2) is 0 Å². The number of hydrogen-bond acceptors (Lipinski definition) is 3. The Kier molecular flexibility index (Phi) is 4.96. The van der Waals surface area contributed by atoms with E-state index in [4.69, 9.17) is 10.7 Å². The zero-order valence-electron chi connectivity index (χ0n) is 15.1. The average molecular weight is 369 g/mol. The second-order valence-corrected chi connectivity index (χ2v) is 7.76. The lowest BCUT2D eigenvalue weighted by atomic mass is 9.66. The maximum atomic E-state index is 10.0. The molecular formula is C22H25ClN2O.